The Balaban J connectivity index is 2.40. The van der Waals surface area contributed by atoms with Gasteiger partial charge in [0, 0.05) is 4.43 Å². The maximum absolute atomic E-state index is 2.45. The highest BCUT2D eigenvalue weighted by atomic mass is 127. The smallest absolute Gasteiger partial charge is 0.0253 e. The van der Waals surface area contributed by atoms with Crippen molar-refractivity contribution in [1.29, 1.82) is 0 Å². The van der Waals surface area contributed by atoms with Crippen LogP contribution in [-0.4, -0.2) is 0 Å². The summed E-state index contributed by atoms with van der Waals surface area (Å²) in [5.74, 6) is 0. The van der Waals surface area contributed by atoms with Crippen LogP contribution in [0.3, 0.4) is 0 Å². The van der Waals surface area contributed by atoms with Crippen molar-refractivity contribution in [2.45, 2.75) is 4.43 Å². The summed E-state index contributed by atoms with van der Waals surface area (Å²) in [6.45, 7) is 0. The van der Waals surface area contributed by atoms with Gasteiger partial charge in [0.2, 0.25) is 0 Å². The molecular formula is C17H11I. The lowest BCUT2D eigenvalue weighted by molar-refractivity contribution is 1.53. The third-order valence-electron chi connectivity index (χ3n) is 3.76. The summed E-state index contributed by atoms with van der Waals surface area (Å²) in [6.07, 6.45) is 0. The van der Waals surface area contributed by atoms with Crippen LogP contribution in [0.2, 0.25) is 0 Å². The molecule has 0 heterocycles. The minimum atomic E-state index is 1.06. The SMILES string of the molecule is ICc1ccc2ccc3cccc4ccc1c2c34. The summed E-state index contributed by atoms with van der Waals surface area (Å²) >= 11 is 2.45. The quantitative estimate of drug-likeness (QED) is 0.243. The minimum Gasteiger partial charge on any atom is -0.0812 e. The molecule has 1 heteroatoms. The van der Waals surface area contributed by atoms with E-state index in [1.54, 1.807) is 0 Å². The van der Waals surface area contributed by atoms with Crippen LogP contribution in [0.4, 0.5) is 0 Å². The van der Waals surface area contributed by atoms with Gasteiger partial charge >= 0.3 is 0 Å². The Kier molecular flexibility index (Phi) is 2.24. The molecule has 0 amide bonds. The lowest BCUT2D eigenvalue weighted by Gasteiger charge is -2.12. The van der Waals surface area contributed by atoms with Crippen LogP contribution in [0.15, 0.2) is 54.6 Å². The van der Waals surface area contributed by atoms with Crippen molar-refractivity contribution in [3.05, 3.63) is 60.2 Å². The van der Waals surface area contributed by atoms with E-state index in [1.807, 2.05) is 0 Å². The van der Waals surface area contributed by atoms with Crippen LogP contribution in [-0.2, 0) is 4.43 Å². The van der Waals surface area contributed by atoms with Crippen molar-refractivity contribution in [3.8, 4) is 0 Å². The fourth-order valence-electron chi connectivity index (χ4n) is 2.91. The van der Waals surface area contributed by atoms with Crippen LogP contribution >= 0.6 is 22.6 Å². The normalized spacial score (nSPS) is 11.8. The molecule has 0 aromatic heterocycles. The van der Waals surface area contributed by atoms with Crippen molar-refractivity contribution in [2.75, 3.05) is 0 Å². The summed E-state index contributed by atoms with van der Waals surface area (Å²) in [5, 5.41) is 8.29. The summed E-state index contributed by atoms with van der Waals surface area (Å²) in [4.78, 5) is 0. The number of hydrogen-bond donors (Lipinski definition) is 0. The van der Waals surface area contributed by atoms with Gasteiger partial charge in [-0.1, -0.05) is 77.2 Å². The molecule has 0 aliphatic heterocycles. The average Bonchev–Trinajstić information content (AvgIpc) is 2.44. The van der Waals surface area contributed by atoms with Gasteiger partial charge in [-0.3, -0.25) is 0 Å². The van der Waals surface area contributed by atoms with Gasteiger partial charge in [0.25, 0.3) is 0 Å². The second kappa shape index (κ2) is 3.82. The van der Waals surface area contributed by atoms with Crippen LogP contribution in [0.25, 0.3) is 32.3 Å². The van der Waals surface area contributed by atoms with E-state index in [9.17, 15) is 0 Å². The molecule has 0 atom stereocenters. The van der Waals surface area contributed by atoms with Gasteiger partial charge in [0.1, 0.15) is 0 Å². The summed E-state index contributed by atoms with van der Waals surface area (Å²) in [7, 11) is 0. The molecule has 0 nitrogen and oxygen atoms in total. The maximum Gasteiger partial charge on any atom is 0.0253 e. The molecule has 0 aliphatic rings. The molecule has 0 aliphatic carbocycles. The van der Waals surface area contributed by atoms with Gasteiger partial charge in [-0.15, -0.1) is 0 Å². The van der Waals surface area contributed by atoms with Gasteiger partial charge in [0.15, 0.2) is 0 Å². The average molecular weight is 342 g/mol. The monoisotopic (exact) mass is 342 g/mol. The Hall–Kier alpha value is -1.35. The van der Waals surface area contributed by atoms with Crippen molar-refractivity contribution < 1.29 is 0 Å². The Morgan fingerprint density at radius 1 is 0.667 bits per heavy atom. The zero-order valence-corrected chi connectivity index (χ0v) is 11.9. The van der Waals surface area contributed by atoms with Crippen molar-refractivity contribution in [3.63, 3.8) is 0 Å². The van der Waals surface area contributed by atoms with E-state index in [-0.39, 0.29) is 0 Å². The van der Waals surface area contributed by atoms with Gasteiger partial charge in [-0.05, 0) is 37.9 Å². The van der Waals surface area contributed by atoms with Crippen LogP contribution in [0.5, 0.6) is 0 Å². The zero-order chi connectivity index (χ0) is 12.1. The lowest BCUT2D eigenvalue weighted by atomic mass is 9.92. The molecule has 0 fully saturated rings. The number of benzene rings is 4. The number of hydrogen-bond acceptors (Lipinski definition) is 0. The summed E-state index contributed by atoms with van der Waals surface area (Å²) in [6, 6.07) is 20.1. The molecular weight excluding hydrogens is 331 g/mol. The van der Waals surface area contributed by atoms with Crippen LogP contribution in [0.1, 0.15) is 5.56 Å². The van der Waals surface area contributed by atoms with E-state index in [0.717, 1.165) is 4.43 Å². The van der Waals surface area contributed by atoms with E-state index >= 15 is 0 Å². The topological polar surface area (TPSA) is 0 Å². The molecule has 0 bridgehead atoms. The predicted octanol–water partition coefficient (Wildman–Crippen LogP) is 5.52. The van der Waals surface area contributed by atoms with Crippen LogP contribution in [0, 0.1) is 0 Å². The standard InChI is InChI=1S/C17H11I/c18-10-14-7-6-13-5-4-11-2-1-3-12-8-9-15(14)17(13)16(11)12/h1-9H,10H2. The Morgan fingerprint density at radius 2 is 1.28 bits per heavy atom. The Labute approximate surface area is 119 Å². The first-order valence-electron chi connectivity index (χ1n) is 6.10. The van der Waals surface area contributed by atoms with Gasteiger partial charge < -0.3 is 0 Å². The van der Waals surface area contributed by atoms with E-state index in [4.69, 9.17) is 0 Å². The molecule has 18 heavy (non-hydrogen) atoms. The number of alkyl halides is 1. The fourth-order valence-corrected chi connectivity index (χ4v) is 3.58. The molecule has 4 aromatic rings. The lowest BCUT2D eigenvalue weighted by Crippen LogP contribution is -1.87. The molecule has 0 radical (unpaired) electrons. The first-order chi connectivity index (χ1) is 8.88. The molecule has 4 rings (SSSR count). The first-order valence-corrected chi connectivity index (χ1v) is 7.62. The molecule has 4 aromatic carbocycles. The highest BCUT2D eigenvalue weighted by Crippen LogP contribution is 2.36. The first kappa shape index (κ1) is 10.6. The molecule has 86 valence electrons. The second-order valence-electron chi connectivity index (χ2n) is 4.71. The third-order valence-corrected chi connectivity index (χ3v) is 4.58. The predicted molar refractivity (Wildman–Crippen MR) is 87.9 cm³/mol. The zero-order valence-electron chi connectivity index (χ0n) is 9.78. The Bertz CT molecular complexity index is 845. The van der Waals surface area contributed by atoms with Crippen molar-refractivity contribution in [1.82, 2.24) is 0 Å². The third kappa shape index (κ3) is 1.31. The number of halogens is 1. The molecule has 0 saturated carbocycles. The van der Waals surface area contributed by atoms with E-state index < -0.39 is 0 Å². The maximum atomic E-state index is 2.45. The largest absolute Gasteiger partial charge is 0.0812 e. The van der Waals surface area contributed by atoms with Gasteiger partial charge in [-0.2, -0.15) is 0 Å². The van der Waals surface area contributed by atoms with E-state index in [2.05, 4.69) is 77.2 Å². The molecule has 0 spiro atoms. The van der Waals surface area contributed by atoms with Crippen molar-refractivity contribution >= 4 is 54.9 Å². The highest BCUT2D eigenvalue weighted by Gasteiger charge is 2.09. The summed E-state index contributed by atoms with van der Waals surface area (Å²) < 4.78 is 1.06. The molecule has 0 saturated heterocycles. The Morgan fingerprint density at radius 3 is 2.00 bits per heavy atom. The van der Waals surface area contributed by atoms with Crippen LogP contribution < -0.4 is 0 Å². The summed E-state index contributed by atoms with van der Waals surface area (Å²) in [5.41, 5.74) is 1.43. The minimum absolute atomic E-state index is 1.06. The highest BCUT2D eigenvalue weighted by molar-refractivity contribution is 14.1. The fraction of sp³-hybridized carbons (Fsp3) is 0.0588. The van der Waals surface area contributed by atoms with E-state index in [1.165, 1.54) is 37.9 Å². The molecule has 0 unspecified atom stereocenters. The second-order valence-corrected chi connectivity index (χ2v) is 5.48. The van der Waals surface area contributed by atoms with Gasteiger partial charge in [-0.25, -0.2) is 0 Å². The van der Waals surface area contributed by atoms with Crippen molar-refractivity contribution in [2.24, 2.45) is 0 Å². The number of rotatable bonds is 1. The van der Waals surface area contributed by atoms with E-state index in [0.29, 0.717) is 0 Å². The van der Waals surface area contributed by atoms with Gasteiger partial charge in [0.05, 0.1) is 0 Å². The molecule has 0 N–H and O–H groups in total.